The molecule has 118 valence electrons. The van der Waals surface area contributed by atoms with Crippen molar-refractivity contribution in [1.82, 2.24) is 4.98 Å². The molecule has 1 aromatic heterocycles. The lowest BCUT2D eigenvalue weighted by atomic mass is 9.97. The van der Waals surface area contributed by atoms with E-state index in [2.05, 4.69) is 35.3 Å². The number of carbonyl (C=O) groups is 1. The lowest BCUT2D eigenvalue weighted by molar-refractivity contribution is -0.144. The lowest BCUT2D eigenvalue weighted by Crippen LogP contribution is -2.18. The Morgan fingerprint density at radius 2 is 1.96 bits per heavy atom. The monoisotopic (exact) mass is 323 g/mol. The fourth-order valence-corrected chi connectivity index (χ4v) is 3.69. The molecule has 0 amide bonds. The van der Waals surface area contributed by atoms with E-state index in [1.165, 1.54) is 29.2 Å². The van der Waals surface area contributed by atoms with Gasteiger partial charge in [0.1, 0.15) is 0 Å². The minimum Gasteiger partial charge on any atom is -0.469 e. The molecular weight excluding hydrogens is 302 g/mol. The number of para-hydroxylation sites is 1. The molecule has 3 nitrogen and oxygen atoms in total. The summed E-state index contributed by atoms with van der Waals surface area (Å²) in [4.78, 5) is 15.3. The van der Waals surface area contributed by atoms with Crippen molar-refractivity contribution in [3.8, 4) is 11.1 Å². The van der Waals surface area contributed by atoms with Gasteiger partial charge in [-0.05, 0) is 17.5 Å². The number of rotatable bonds is 5. The predicted octanol–water partition coefficient (Wildman–Crippen LogP) is 2.95. The molecule has 23 heavy (non-hydrogen) atoms. The first-order valence-corrected chi connectivity index (χ1v) is 9.38. The summed E-state index contributed by atoms with van der Waals surface area (Å²) >= 11 is 0. The van der Waals surface area contributed by atoms with Gasteiger partial charge in [-0.3, -0.25) is 4.79 Å². The molecule has 2 aromatic carbocycles. The number of hydrogen-bond donors (Lipinski definition) is 1. The highest BCUT2D eigenvalue weighted by Crippen LogP contribution is 2.31. The first-order valence-electron chi connectivity index (χ1n) is 7.96. The van der Waals surface area contributed by atoms with E-state index < -0.39 is 0 Å². The Morgan fingerprint density at radius 1 is 1.17 bits per heavy atom. The van der Waals surface area contributed by atoms with Crippen LogP contribution in [0.2, 0.25) is 6.04 Å². The highest BCUT2D eigenvalue weighted by Gasteiger charge is 2.19. The largest absolute Gasteiger partial charge is 0.469 e. The highest BCUT2D eigenvalue weighted by atomic mass is 28.1. The van der Waals surface area contributed by atoms with Gasteiger partial charge in [0.2, 0.25) is 0 Å². The number of fused-ring (bicyclic) bond motifs is 1. The van der Waals surface area contributed by atoms with Crippen molar-refractivity contribution in [1.29, 1.82) is 0 Å². The molecule has 3 aromatic rings. The molecule has 0 aliphatic heterocycles. The smallest absolute Gasteiger partial charge is 0.308 e. The Hall–Kier alpha value is -2.33. The van der Waals surface area contributed by atoms with E-state index in [1.54, 1.807) is 0 Å². The quantitative estimate of drug-likeness (QED) is 0.579. The summed E-state index contributed by atoms with van der Waals surface area (Å²) in [5, 5.41) is 1.19. The van der Waals surface area contributed by atoms with Crippen molar-refractivity contribution in [2.45, 2.75) is 12.5 Å². The maximum absolute atomic E-state index is 11.9. The normalized spacial score (nSPS) is 12.4. The van der Waals surface area contributed by atoms with Crippen LogP contribution in [-0.4, -0.2) is 28.3 Å². The van der Waals surface area contributed by atoms with Crippen LogP contribution in [0.5, 0.6) is 0 Å². The summed E-state index contributed by atoms with van der Waals surface area (Å²) in [6.45, 7) is 0. The molecule has 0 aliphatic carbocycles. The van der Waals surface area contributed by atoms with Gasteiger partial charge in [-0.2, -0.15) is 0 Å². The van der Waals surface area contributed by atoms with Gasteiger partial charge in [-0.15, -0.1) is 0 Å². The first kappa shape index (κ1) is 15.6. The Morgan fingerprint density at radius 3 is 2.65 bits per heavy atom. The van der Waals surface area contributed by atoms with Crippen LogP contribution < -0.4 is 0 Å². The number of carbonyl (C=O) groups excluding carboxylic acids is 1. The van der Waals surface area contributed by atoms with Crippen LogP contribution in [0.15, 0.2) is 54.7 Å². The summed E-state index contributed by atoms with van der Waals surface area (Å²) in [6, 6.07) is 17.6. The second-order valence-corrected chi connectivity index (χ2v) is 6.56. The summed E-state index contributed by atoms with van der Waals surface area (Å²) in [5.41, 5.74) is 4.70. The van der Waals surface area contributed by atoms with Crippen molar-refractivity contribution in [3.05, 3.63) is 60.3 Å². The van der Waals surface area contributed by atoms with E-state index in [4.69, 9.17) is 4.74 Å². The highest BCUT2D eigenvalue weighted by molar-refractivity contribution is 6.10. The Kier molecular flexibility index (Phi) is 4.62. The minimum atomic E-state index is -0.103. The summed E-state index contributed by atoms with van der Waals surface area (Å²) in [5.74, 6) is -0.139. The van der Waals surface area contributed by atoms with Crippen molar-refractivity contribution >= 4 is 27.1 Å². The molecule has 0 spiro atoms. The Labute approximate surface area is 139 Å². The average Bonchev–Trinajstić information content (AvgIpc) is 3.02. The second kappa shape index (κ2) is 6.83. The second-order valence-electron chi connectivity index (χ2n) is 5.74. The molecule has 0 fully saturated rings. The number of hydrogen-bond acceptors (Lipinski definition) is 2. The SMILES string of the molecule is COC(=O)[C@@H](C[SiH3])Cc1c[nH]c2c(-c3ccccc3)cccc12. The van der Waals surface area contributed by atoms with Gasteiger partial charge >= 0.3 is 5.97 Å². The van der Waals surface area contributed by atoms with Crippen LogP contribution in [0.1, 0.15) is 5.56 Å². The number of ether oxygens (including phenoxy) is 1. The summed E-state index contributed by atoms with van der Waals surface area (Å²) < 4.78 is 4.93. The molecule has 1 atom stereocenters. The van der Waals surface area contributed by atoms with Crippen LogP contribution in [-0.2, 0) is 16.0 Å². The predicted molar refractivity (Wildman–Crippen MR) is 97.7 cm³/mol. The molecule has 0 saturated carbocycles. The Balaban J connectivity index is 2.00. The van der Waals surface area contributed by atoms with Gasteiger partial charge in [0, 0.05) is 27.4 Å². The van der Waals surface area contributed by atoms with Crippen LogP contribution in [0.3, 0.4) is 0 Å². The number of benzene rings is 2. The van der Waals surface area contributed by atoms with E-state index in [0.29, 0.717) is 0 Å². The average molecular weight is 323 g/mol. The molecule has 0 unspecified atom stereocenters. The fourth-order valence-electron chi connectivity index (χ4n) is 3.07. The van der Waals surface area contributed by atoms with Gasteiger partial charge < -0.3 is 9.72 Å². The number of esters is 1. The Bertz CT molecular complexity index is 811. The third-order valence-corrected chi connectivity index (χ3v) is 5.37. The molecule has 3 rings (SSSR count). The number of nitrogens with one attached hydrogen (secondary N) is 1. The maximum atomic E-state index is 11.9. The zero-order valence-electron chi connectivity index (χ0n) is 13.5. The molecule has 1 heterocycles. The van der Waals surface area contributed by atoms with E-state index in [9.17, 15) is 4.79 Å². The van der Waals surface area contributed by atoms with Crippen LogP contribution in [0.25, 0.3) is 22.0 Å². The number of aromatic nitrogens is 1. The third-order valence-electron chi connectivity index (χ3n) is 4.38. The first-order chi connectivity index (χ1) is 11.2. The number of methoxy groups -OCH3 is 1. The van der Waals surface area contributed by atoms with Crippen molar-refractivity contribution < 1.29 is 9.53 Å². The minimum absolute atomic E-state index is 0.0361. The standard InChI is InChI=1S/C19H21NO2Si/c1-22-19(21)15(12-23)10-14-11-20-18-16(8-5-9-17(14)18)13-6-3-2-4-7-13/h2-9,11,15,20H,10,12H2,1,23H3/t15-/m1/s1. The molecule has 1 N–H and O–H groups in total. The zero-order chi connectivity index (χ0) is 16.2. The van der Waals surface area contributed by atoms with Crippen molar-refractivity contribution in [3.63, 3.8) is 0 Å². The number of H-pyrrole nitrogens is 1. The van der Waals surface area contributed by atoms with Gasteiger partial charge in [0.25, 0.3) is 0 Å². The zero-order valence-corrected chi connectivity index (χ0v) is 15.5. The molecule has 4 heteroatoms. The van der Waals surface area contributed by atoms with Gasteiger partial charge in [-0.25, -0.2) is 0 Å². The summed E-state index contributed by atoms with van der Waals surface area (Å²) in [6.07, 6.45) is 2.76. The van der Waals surface area contributed by atoms with Crippen molar-refractivity contribution in [2.75, 3.05) is 7.11 Å². The molecular formula is C19H21NO2Si. The van der Waals surface area contributed by atoms with E-state index >= 15 is 0 Å². The molecule has 0 radical (unpaired) electrons. The molecule has 0 bridgehead atoms. The van der Waals surface area contributed by atoms with E-state index in [0.717, 1.165) is 28.2 Å². The van der Waals surface area contributed by atoms with E-state index in [-0.39, 0.29) is 11.9 Å². The third kappa shape index (κ3) is 3.08. The lowest BCUT2D eigenvalue weighted by Gasteiger charge is -2.11. The fraction of sp³-hybridized carbons (Fsp3) is 0.211. The number of aromatic amines is 1. The van der Waals surface area contributed by atoms with Crippen LogP contribution in [0.4, 0.5) is 0 Å². The van der Waals surface area contributed by atoms with Crippen LogP contribution in [0, 0.1) is 5.92 Å². The van der Waals surface area contributed by atoms with Crippen LogP contribution >= 0.6 is 0 Å². The molecule has 0 aliphatic rings. The topological polar surface area (TPSA) is 42.1 Å². The van der Waals surface area contributed by atoms with Gasteiger partial charge in [0.15, 0.2) is 0 Å². The maximum Gasteiger partial charge on any atom is 0.308 e. The van der Waals surface area contributed by atoms with Gasteiger partial charge in [-0.1, -0.05) is 54.6 Å². The van der Waals surface area contributed by atoms with Crippen molar-refractivity contribution in [2.24, 2.45) is 5.92 Å². The van der Waals surface area contributed by atoms with E-state index in [1.807, 2.05) is 24.4 Å². The van der Waals surface area contributed by atoms with Gasteiger partial charge in [0.05, 0.1) is 18.5 Å². The summed E-state index contributed by atoms with van der Waals surface area (Å²) in [7, 11) is 2.46. The molecule has 0 saturated heterocycles.